The standard InChI is InChI=1S/C24H33N5O3/c1-16(2)14-25-23(31)20-13-19-22(27-15-26-19)24(28-20)7-9-29(10-8-24)21(30)12-17-5-4-6-18(11-17)32-3/h4-6,11,15-16,20,28H,7-10,12-14H2,1-3H3,(H,25,31)(H,26,27)/t20-/m0/s1. The Morgan fingerprint density at radius 3 is 2.81 bits per heavy atom. The Balaban J connectivity index is 1.42. The Labute approximate surface area is 189 Å². The van der Waals surface area contributed by atoms with E-state index in [2.05, 4.69) is 34.4 Å². The van der Waals surface area contributed by atoms with E-state index in [1.165, 1.54) is 0 Å². The summed E-state index contributed by atoms with van der Waals surface area (Å²) < 4.78 is 5.27. The van der Waals surface area contributed by atoms with Crippen LogP contribution in [0.25, 0.3) is 0 Å². The van der Waals surface area contributed by atoms with Gasteiger partial charge in [0.15, 0.2) is 0 Å². The van der Waals surface area contributed by atoms with Crippen molar-refractivity contribution >= 4 is 11.8 Å². The Morgan fingerprint density at radius 2 is 2.09 bits per heavy atom. The predicted molar refractivity (Wildman–Crippen MR) is 121 cm³/mol. The van der Waals surface area contributed by atoms with Crippen molar-refractivity contribution in [1.82, 2.24) is 25.5 Å². The van der Waals surface area contributed by atoms with Gasteiger partial charge in [0.1, 0.15) is 5.75 Å². The summed E-state index contributed by atoms with van der Waals surface area (Å²) in [6, 6.07) is 7.33. The lowest BCUT2D eigenvalue weighted by Crippen LogP contribution is -2.62. The number of methoxy groups -OCH3 is 1. The first-order chi connectivity index (χ1) is 15.4. The number of aromatic nitrogens is 2. The summed E-state index contributed by atoms with van der Waals surface area (Å²) in [4.78, 5) is 35.5. The number of hydrogen-bond acceptors (Lipinski definition) is 5. The third-order valence-corrected chi connectivity index (χ3v) is 6.49. The number of fused-ring (bicyclic) bond motifs is 2. The molecule has 32 heavy (non-hydrogen) atoms. The van der Waals surface area contributed by atoms with Gasteiger partial charge in [0, 0.05) is 31.7 Å². The van der Waals surface area contributed by atoms with Crippen molar-refractivity contribution in [2.45, 2.75) is 51.1 Å². The molecule has 8 heteroatoms. The molecule has 2 aromatic rings. The van der Waals surface area contributed by atoms with Gasteiger partial charge in [-0.25, -0.2) is 4.98 Å². The minimum atomic E-state index is -0.389. The molecule has 2 aliphatic rings. The van der Waals surface area contributed by atoms with E-state index in [4.69, 9.17) is 4.74 Å². The fraction of sp³-hybridized carbons (Fsp3) is 0.542. The number of ether oxygens (including phenoxy) is 1. The Hall–Kier alpha value is -2.87. The summed E-state index contributed by atoms with van der Waals surface area (Å²) in [6.45, 7) is 6.08. The summed E-state index contributed by atoms with van der Waals surface area (Å²) in [7, 11) is 1.63. The molecule has 1 spiro atoms. The number of aromatic amines is 1. The van der Waals surface area contributed by atoms with Gasteiger partial charge in [-0.1, -0.05) is 26.0 Å². The molecule has 0 radical (unpaired) electrons. The van der Waals surface area contributed by atoms with Gasteiger partial charge in [0.25, 0.3) is 0 Å². The van der Waals surface area contributed by atoms with Crippen LogP contribution in [0, 0.1) is 5.92 Å². The number of piperidine rings is 1. The normalized spacial score (nSPS) is 19.6. The molecule has 1 aromatic heterocycles. The van der Waals surface area contributed by atoms with Gasteiger partial charge in [-0.2, -0.15) is 0 Å². The first kappa shape index (κ1) is 22.3. The summed E-state index contributed by atoms with van der Waals surface area (Å²) in [5.41, 5.74) is 2.57. The van der Waals surface area contributed by atoms with Crippen LogP contribution in [0.1, 0.15) is 43.6 Å². The maximum Gasteiger partial charge on any atom is 0.237 e. The topological polar surface area (TPSA) is 99.4 Å². The summed E-state index contributed by atoms with van der Waals surface area (Å²) in [5.74, 6) is 1.29. The molecule has 172 valence electrons. The third-order valence-electron chi connectivity index (χ3n) is 6.49. The second-order valence-electron chi connectivity index (χ2n) is 9.26. The lowest BCUT2D eigenvalue weighted by Gasteiger charge is -2.46. The minimum absolute atomic E-state index is 0.0230. The number of benzene rings is 1. The summed E-state index contributed by atoms with van der Waals surface area (Å²) in [5, 5.41) is 6.66. The zero-order valence-electron chi connectivity index (χ0n) is 19.1. The van der Waals surface area contributed by atoms with Crippen molar-refractivity contribution < 1.29 is 14.3 Å². The molecule has 2 amide bonds. The van der Waals surface area contributed by atoms with Crippen molar-refractivity contribution in [1.29, 1.82) is 0 Å². The van der Waals surface area contributed by atoms with E-state index < -0.39 is 0 Å². The number of imidazole rings is 1. The van der Waals surface area contributed by atoms with Gasteiger partial charge in [-0.05, 0) is 36.5 Å². The smallest absolute Gasteiger partial charge is 0.237 e. The molecule has 0 unspecified atom stereocenters. The number of hydrogen-bond donors (Lipinski definition) is 3. The predicted octanol–water partition coefficient (Wildman–Crippen LogP) is 1.77. The molecule has 2 aliphatic heterocycles. The molecule has 1 atom stereocenters. The molecular formula is C24H33N5O3. The maximum atomic E-state index is 12.9. The lowest BCUT2D eigenvalue weighted by atomic mass is 9.78. The second-order valence-corrected chi connectivity index (χ2v) is 9.26. The van der Waals surface area contributed by atoms with Gasteiger partial charge in [0.05, 0.1) is 37.1 Å². The molecule has 3 N–H and O–H groups in total. The number of rotatable bonds is 6. The molecule has 4 rings (SSSR count). The zero-order chi connectivity index (χ0) is 22.7. The SMILES string of the molecule is COc1cccc(CC(=O)N2CCC3(CC2)N[C@H](C(=O)NCC(C)C)Cc2[nH]cnc23)c1. The van der Waals surface area contributed by atoms with Crippen LogP contribution in [0.4, 0.5) is 0 Å². The molecular weight excluding hydrogens is 406 g/mol. The lowest BCUT2D eigenvalue weighted by molar-refractivity contribution is -0.133. The number of nitrogens with one attached hydrogen (secondary N) is 3. The second kappa shape index (κ2) is 9.32. The average Bonchev–Trinajstić information content (AvgIpc) is 3.28. The van der Waals surface area contributed by atoms with E-state index in [1.54, 1.807) is 13.4 Å². The van der Waals surface area contributed by atoms with Gasteiger partial charge in [0.2, 0.25) is 11.8 Å². The quantitative estimate of drug-likeness (QED) is 0.637. The summed E-state index contributed by atoms with van der Waals surface area (Å²) >= 11 is 0. The number of likely N-dealkylation sites (tertiary alicyclic amines) is 1. The van der Waals surface area contributed by atoms with Crippen molar-refractivity contribution in [2.75, 3.05) is 26.7 Å². The first-order valence-electron chi connectivity index (χ1n) is 11.4. The van der Waals surface area contributed by atoms with Gasteiger partial charge in [-0.15, -0.1) is 0 Å². The van der Waals surface area contributed by atoms with E-state index in [0.29, 0.717) is 38.4 Å². The molecule has 0 aliphatic carbocycles. The fourth-order valence-corrected chi connectivity index (χ4v) is 4.72. The van der Waals surface area contributed by atoms with E-state index in [-0.39, 0.29) is 23.4 Å². The molecule has 0 saturated carbocycles. The third kappa shape index (κ3) is 4.65. The van der Waals surface area contributed by atoms with Crippen LogP contribution in [-0.2, 0) is 28.0 Å². The highest BCUT2D eigenvalue weighted by Gasteiger charge is 2.46. The molecule has 1 aromatic carbocycles. The van der Waals surface area contributed by atoms with Crippen LogP contribution < -0.4 is 15.4 Å². The van der Waals surface area contributed by atoms with Crippen molar-refractivity contribution in [3.05, 3.63) is 47.5 Å². The van der Waals surface area contributed by atoms with Crippen LogP contribution in [0.5, 0.6) is 5.75 Å². The van der Waals surface area contributed by atoms with Gasteiger partial charge in [-0.3, -0.25) is 14.9 Å². The highest BCUT2D eigenvalue weighted by atomic mass is 16.5. The minimum Gasteiger partial charge on any atom is -0.497 e. The van der Waals surface area contributed by atoms with Crippen LogP contribution in [-0.4, -0.2) is 59.5 Å². The van der Waals surface area contributed by atoms with E-state index in [1.807, 2.05) is 29.2 Å². The Kier molecular flexibility index (Phi) is 6.50. The molecule has 1 fully saturated rings. The number of carbonyl (C=O) groups is 2. The summed E-state index contributed by atoms with van der Waals surface area (Å²) in [6.07, 6.45) is 4.11. The van der Waals surface area contributed by atoms with Crippen LogP contribution in [0.15, 0.2) is 30.6 Å². The average molecular weight is 440 g/mol. The Morgan fingerprint density at radius 1 is 1.31 bits per heavy atom. The number of nitrogens with zero attached hydrogens (tertiary/aromatic N) is 2. The highest BCUT2D eigenvalue weighted by Crippen LogP contribution is 2.37. The van der Waals surface area contributed by atoms with Crippen molar-refractivity contribution in [3.8, 4) is 5.75 Å². The number of H-pyrrole nitrogens is 1. The molecule has 0 bridgehead atoms. The van der Waals surface area contributed by atoms with Gasteiger partial charge >= 0.3 is 0 Å². The van der Waals surface area contributed by atoms with Gasteiger partial charge < -0.3 is 19.9 Å². The number of carbonyl (C=O) groups excluding carboxylic acids is 2. The van der Waals surface area contributed by atoms with E-state index >= 15 is 0 Å². The molecule has 1 saturated heterocycles. The molecule has 3 heterocycles. The van der Waals surface area contributed by atoms with Crippen LogP contribution in [0.3, 0.4) is 0 Å². The maximum absolute atomic E-state index is 12.9. The van der Waals surface area contributed by atoms with Crippen LogP contribution >= 0.6 is 0 Å². The van der Waals surface area contributed by atoms with E-state index in [9.17, 15) is 9.59 Å². The first-order valence-corrected chi connectivity index (χ1v) is 11.4. The monoisotopic (exact) mass is 439 g/mol. The van der Waals surface area contributed by atoms with Crippen molar-refractivity contribution in [3.63, 3.8) is 0 Å². The van der Waals surface area contributed by atoms with E-state index in [0.717, 1.165) is 35.5 Å². The van der Waals surface area contributed by atoms with Crippen LogP contribution in [0.2, 0.25) is 0 Å². The molecule has 8 nitrogen and oxygen atoms in total. The van der Waals surface area contributed by atoms with Crippen molar-refractivity contribution in [2.24, 2.45) is 5.92 Å². The highest BCUT2D eigenvalue weighted by molar-refractivity contribution is 5.82. The zero-order valence-corrected chi connectivity index (χ0v) is 19.1. The Bertz CT molecular complexity index is 962. The number of amides is 2. The fourth-order valence-electron chi connectivity index (χ4n) is 4.72. The largest absolute Gasteiger partial charge is 0.497 e.